The molecule has 0 bridgehead atoms. The number of nitrogens with two attached hydrogens (primary N) is 1. The van der Waals surface area contributed by atoms with Crippen LogP contribution in [0.4, 0.5) is 4.39 Å². The summed E-state index contributed by atoms with van der Waals surface area (Å²) in [6, 6.07) is 6.13. The third-order valence-electron chi connectivity index (χ3n) is 2.67. The van der Waals surface area contributed by atoms with Gasteiger partial charge in [0, 0.05) is 28.5 Å². The molecule has 18 heavy (non-hydrogen) atoms. The lowest BCUT2D eigenvalue weighted by atomic mass is 10.00. The Morgan fingerprint density at radius 3 is 2.83 bits per heavy atom. The molecule has 0 aliphatic rings. The fraction of sp³-hybridized carbons (Fsp3) is 0.154. The lowest BCUT2D eigenvalue weighted by molar-refractivity contribution is 0.578. The lowest BCUT2D eigenvalue weighted by Gasteiger charge is -2.15. The highest BCUT2D eigenvalue weighted by atomic mass is 79.9. The van der Waals surface area contributed by atoms with Crippen LogP contribution in [0.5, 0.6) is 0 Å². The lowest BCUT2D eigenvalue weighted by Crippen LogP contribution is -2.16. The molecule has 0 spiro atoms. The zero-order valence-corrected chi connectivity index (χ0v) is 11.7. The molecule has 94 valence electrons. The Kier molecular flexibility index (Phi) is 4.32. The van der Waals surface area contributed by atoms with Gasteiger partial charge >= 0.3 is 0 Å². The van der Waals surface area contributed by atoms with Gasteiger partial charge in [-0.15, -0.1) is 0 Å². The zero-order valence-electron chi connectivity index (χ0n) is 9.41. The van der Waals surface area contributed by atoms with Gasteiger partial charge < -0.3 is 5.73 Å². The SMILES string of the molecule is NC(Cc1ccncc1Cl)c1c(F)cccc1Br. The first-order valence-electron chi connectivity index (χ1n) is 5.37. The van der Waals surface area contributed by atoms with E-state index in [2.05, 4.69) is 20.9 Å². The van der Waals surface area contributed by atoms with E-state index in [1.807, 2.05) is 0 Å². The Bertz CT molecular complexity index is 542. The van der Waals surface area contributed by atoms with E-state index in [4.69, 9.17) is 17.3 Å². The van der Waals surface area contributed by atoms with Crippen LogP contribution in [-0.4, -0.2) is 4.98 Å². The van der Waals surface area contributed by atoms with Gasteiger partial charge in [-0.05, 0) is 30.2 Å². The maximum atomic E-state index is 13.7. The number of benzene rings is 1. The van der Waals surface area contributed by atoms with E-state index >= 15 is 0 Å². The minimum absolute atomic E-state index is 0.318. The van der Waals surface area contributed by atoms with Crippen molar-refractivity contribution in [1.29, 1.82) is 0 Å². The van der Waals surface area contributed by atoms with Gasteiger partial charge in [0.05, 0.1) is 5.02 Å². The van der Waals surface area contributed by atoms with E-state index in [1.165, 1.54) is 6.07 Å². The van der Waals surface area contributed by atoms with E-state index in [-0.39, 0.29) is 5.82 Å². The molecule has 0 saturated carbocycles. The quantitative estimate of drug-likeness (QED) is 0.928. The number of hydrogen-bond acceptors (Lipinski definition) is 2. The van der Waals surface area contributed by atoms with Crippen LogP contribution in [0.25, 0.3) is 0 Å². The van der Waals surface area contributed by atoms with Crippen molar-refractivity contribution < 1.29 is 4.39 Å². The maximum absolute atomic E-state index is 13.7. The first-order valence-corrected chi connectivity index (χ1v) is 6.54. The monoisotopic (exact) mass is 328 g/mol. The summed E-state index contributed by atoms with van der Waals surface area (Å²) < 4.78 is 14.4. The molecule has 1 aromatic carbocycles. The van der Waals surface area contributed by atoms with Crippen LogP contribution >= 0.6 is 27.5 Å². The number of nitrogens with zero attached hydrogens (tertiary/aromatic N) is 1. The Hall–Kier alpha value is -0.970. The number of hydrogen-bond donors (Lipinski definition) is 1. The van der Waals surface area contributed by atoms with Crippen molar-refractivity contribution in [2.75, 3.05) is 0 Å². The van der Waals surface area contributed by atoms with Gasteiger partial charge in [0.1, 0.15) is 5.82 Å². The minimum Gasteiger partial charge on any atom is -0.324 e. The second-order valence-corrected chi connectivity index (χ2v) is 5.17. The number of pyridine rings is 1. The molecule has 2 N–H and O–H groups in total. The summed E-state index contributed by atoms with van der Waals surface area (Å²) in [7, 11) is 0. The summed E-state index contributed by atoms with van der Waals surface area (Å²) in [5.74, 6) is -0.318. The predicted octanol–water partition coefficient (Wildman–Crippen LogP) is 3.88. The van der Waals surface area contributed by atoms with Crippen LogP contribution in [0.15, 0.2) is 41.1 Å². The van der Waals surface area contributed by atoms with Crippen molar-refractivity contribution in [3.63, 3.8) is 0 Å². The average Bonchev–Trinajstić information content (AvgIpc) is 2.32. The summed E-state index contributed by atoms with van der Waals surface area (Å²) >= 11 is 9.33. The van der Waals surface area contributed by atoms with Gasteiger partial charge in [-0.25, -0.2) is 4.39 Å². The third kappa shape index (κ3) is 2.88. The van der Waals surface area contributed by atoms with Crippen molar-refractivity contribution in [3.05, 3.63) is 63.1 Å². The van der Waals surface area contributed by atoms with Crippen LogP contribution in [0, 0.1) is 5.82 Å². The average molecular weight is 330 g/mol. The van der Waals surface area contributed by atoms with Gasteiger partial charge in [0.25, 0.3) is 0 Å². The Morgan fingerprint density at radius 2 is 2.17 bits per heavy atom. The smallest absolute Gasteiger partial charge is 0.129 e. The van der Waals surface area contributed by atoms with Crippen LogP contribution in [0.2, 0.25) is 5.02 Å². The van der Waals surface area contributed by atoms with Crippen molar-refractivity contribution in [1.82, 2.24) is 4.98 Å². The summed E-state index contributed by atoms with van der Waals surface area (Å²) in [5.41, 5.74) is 7.37. The molecule has 1 heterocycles. The summed E-state index contributed by atoms with van der Waals surface area (Å²) in [5, 5.41) is 0.542. The van der Waals surface area contributed by atoms with Crippen molar-refractivity contribution in [2.24, 2.45) is 5.73 Å². The molecular formula is C13H11BrClFN2. The highest BCUT2D eigenvalue weighted by molar-refractivity contribution is 9.10. The molecule has 5 heteroatoms. The van der Waals surface area contributed by atoms with E-state index in [9.17, 15) is 4.39 Å². The Labute approximate surface area is 118 Å². The van der Waals surface area contributed by atoms with Crippen molar-refractivity contribution in [3.8, 4) is 0 Å². The van der Waals surface area contributed by atoms with Crippen LogP contribution < -0.4 is 5.73 Å². The van der Waals surface area contributed by atoms with E-state index in [0.717, 1.165) is 5.56 Å². The molecule has 2 rings (SSSR count). The van der Waals surface area contributed by atoms with E-state index < -0.39 is 6.04 Å². The molecule has 0 amide bonds. The van der Waals surface area contributed by atoms with Crippen LogP contribution in [0.3, 0.4) is 0 Å². The first kappa shape index (κ1) is 13.5. The first-order chi connectivity index (χ1) is 8.59. The fourth-order valence-electron chi connectivity index (χ4n) is 1.77. The van der Waals surface area contributed by atoms with E-state index in [0.29, 0.717) is 21.5 Å². The molecule has 2 nitrogen and oxygen atoms in total. The fourth-order valence-corrected chi connectivity index (χ4v) is 2.61. The predicted molar refractivity (Wildman–Crippen MR) is 74.0 cm³/mol. The van der Waals surface area contributed by atoms with Gasteiger partial charge in [-0.2, -0.15) is 0 Å². The molecule has 0 aliphatic carbocycles. The topological polar surface area (TPSA) is 38.9 Å². The molecule has 2 aromatic rings. The Balaban J connectivity index is 2.28. The highest BCUT2D eigenvalue weighted by Crippen LogP contribution is 2.28. The molecule has 1 aromatic heterocycles. The normalized spacial score (nSPS) is 12.4. The second kappa shape index (κ2) is 5.78. The molecule has 0 fully saturated rings. The maximum Gasteiger partial charge on any atom is 0.129 e. The molecule has 0 saturated heterocycles. The van der Waals surface area contributed by atoms with Crippen molar-refractivity contribution in [2.45, 2.75) is 12.5 Å². The van der Waals surface area contributed by atoms with Gasteiger partial charge in [-0.1, -0.05) is 33.6 Å². The zero-order chi connectivity index (χ0) is 13.1. The van der Waals surface area contributed by atoms with E-state index in [1.54, 1.807) is 30.6 Å². The molecule has 1 atom stereocenters. The summed E-state index contributed by atoms with van der Waals surface area (Å²) in [6.07, 6.45) is 3.66. The molecule has 0 radical (unpaired) electrons. The van der Waals surface area contributed by atoms with Crippen molar-refractivity contribution >= 4 is 27.5 Å². The number of halogens is 3. The van der Waals surface area contributed by atoms with Gasteiger partial charge in [0.2, 0.25) is 0 Å². The van der Waals surface area contributed by atoms with Gasteiger partial charge in [-0.3, -0.25) is 4.98 Å². The van der Waals surface area contributed by atoms with Crippen LogP contribution in [0.1, 0.15) is 17.2 Å². The highest BCUT2D eigenvalue weighted by Gasteiger charge is 2.16. The third-order valence-corrected chi connectivity index (χ3v) is 3.70. The molecular weight excluding hydrogens is 319 g/mol. The molecule has 0 aliphatic heterocycles. The summed E-state index contributed by atoms with van der Waals surface area (Å²) in [6.45, 7) is 0. The minimum atomic E-state index is -0.458. The Morgan fingerprint density at radius 1 is 1.39 bits per heavy atom. The largest absolute Gasteiger partial charge is 0.324 e. The summed E-state index contributed by atoms with van der Waals surface area (Å²) in [4.78, 5) is 3.90. The van der Waals surface area contributed by atoms with Gasteiger partial charge in [0.15, 0.2) is 0 Å². The standard InChI is InChI=1S/C13H11BrClFN2/c14-9-2-1-3-11(16)13(9)12(17)6-8-4-5-18-7-10(8)15/h1-5,7,12H,6,17H2. The second-order valence-electron chi connectivity index (χ2n) is 3.91. The number of rotatable bonds is 3. The number of aromatic nitrogens is 1. The van der Waals surface area contributed by atoms with Crippen LogP contribution in [-0.2, 0) is 6.42 Å². The molecule has 1 unspecified atom stereocenters.